The number of hydrogen-bond acceptors (Lipinski definition) is 4. The van der Waals surface area contributed by atoms with E-state index in [9.17, 15) is 4.79 Å². The minimum atomic E-state index is -0.339. The van der Waals surface area contributed by atoms with E-state index in [4.69, 9.17) is 15.2 Å². The highest BCUT2D eigenvalue weighted by molar-refractivity contribution is 5.82. The molecule has 0 heterocycles. The third-order valence-corrected chi connectivity index (χ3v) is 6.41. The number of rotatable bonds is 8. The maximum absolute atomic E-state index is 12.6. The van der Waals surface area contributed by atoms with Crippen LogP contribution in [0.15, 0.2) is 24.3 Å². The van der Waals surface area contributed by atoms with Gasteiger partial charge in [0.2, 0.25) is 5.91 Å². The number of methoxy groups -OCH3 is 1. The van der Waals surface area contributed by atoms with Crippen molar-refractivity contribution in [3.05, 3.63) is 29.8 Å². The number of carbonyl (C=O) groups is 1. The molecule has 0 aromatic heterocycles. The molecule has 2 fully saturated rings. The smallest absolute Gasteiger partial charge is 0.239 e. The zero-order chi connectivity index (χ0) is 19.2. The number of nitrogens with zero attached hydrogens (tertiary/aromatic N) is 1. The Balaban J connectivity index is 1.37. The number of likely N-dealkylation sites (N-methyl/N-ethyl adjacent to an activating group) is 1. The maximum Gasteiger partial charge on any atom is 0.239 e. The molecule has 1 amide bonds. The summed E-state index contributed by atoms with van der Waals surface area (Å²) in [6.45, 7) is 1.39. The van der Waals surface area contributed by atoms with Crippen molar-refractivity contribution in [1.82, 2.24) is 4.90 Å². The van der Waals surface area contributed by atoms with Crippen molar-refractivity contribution < 1.29 is 14.3 Å². The summed E-state index contributed by atoms with van der Waals surface area (Å²) in [5.74, 6) is 1.88. The Bertz CT molecular complexity index is 609. The summed E-state index contributed by atoms with van der Waals surface area (Å²) < 4.78 is 11.2. The number of carbonyl (C=O) groups excluding carboxylic acids is 1. The second-order valence-electron chi connectivity index (χ2n) is 8.21. The van der Waals surface area contributed by atoms with Gasteiger partial charge in [-0.1, -0.05) is 12.1 Å². The van der Waals surface area contributed by atoms with Crippen molar-refractivity contribution in [2.75, 3.05) is 20.8 Å². The number of hydrogen-bond donors (Lipinski definition) is 1. The molecule has 2 saturated carbocycles. The van der Waals surface area contributed by atoms with Crippen LogP contribution in [0.1, 0.15) is 50.5 Å². The molecule has 2 N–H and O–H groups in total. The van der Waals surface area contributed by atoms with E-state index >= 15 is 0 Å². The number of amides is 1. The first-order chi connectivity index (χ1) is 13.1. The Hall–Kier alpha value is -1.59. The van der Waals surface area contributed by atoms with Gasteiger partial charge in [0, 0.05) is 19.7 Å². The molecule has 0 bridgehead atoms. The molecular formula is C22H34N2O3. The minimum Gasteiger partial charge on any atom is -0.497 e. The fourth-order valence-electron chi connectivity index (χ4n) is 4.21. The Morgan fingerprint density at radius 1 is 1.22 bits per heavy atom. The van der Waals surface area contributed by atoms with Crippen LogP contribution in [0.4, 0.5) is 0 Å². The van der Waals surface area contributed by atoms with E-state index in [0.717, 1.165) is 56.4 Å². The molecular weight excluding hydrogens is 340 g/mol. The predicted molar refractivity (Wildman–Crippen MR) is 106 cm³/mol. The van der Waals surface area contributed by atoms with Gasteiger partial charge in [-0.15, -0.1) is 0 Å². The summed E-state index contributed by atoms with van der Waals surface area (Å²) in [5, 5.41) is 0. The van der Waals surface area contributed by atoms with Crippen molar-refractivity contribution in [3.63, 3.8) is 0 Å². The van der Waals surface area contributed by atoms with Crippen LogP contribution in [0, 0.1) is 11.8 Å². The summed E-state index contributed by atoms with van der Waals surface area (Å²) >= 11 is 0. The first kappa shape index (κ1) is 20.2. The standard InChI is InChI=1S/C22H34N2O3/c1-24(19-6-4-7-19)22(25)21(23)18-11-9-16(10-12-18)14-27-15-17-5-3-8-20(13-17)26-2/h3,5,8,13,16,18-19,21H,4,6-7,9-12,14-15,23H2,1-2H3/t16?,18?,21-/m0/s1. The lowest BCUT2D eigenvalue weighted by atomic mass is 9.78. The molecule has 0 unspecified atom stereocenters. The number of nitrogens with two attached hydrogens (primary N) is 1. The van der Waals surface area contributed by atoms with Gasteiger partial charge < -0.3 is 20.1 Å². The quantitative estimate of drug-likeness (QED) is 0.758. The first-order valence-electron chi connectivity index (χ1n) is 10.3. The molecule has 150 valence electrons. The van der Waals surface area contributed by atoms with Crippen molar-refractivity contribution in [2.24, 2.45) is 17.6 Å². The van der Waals surface area contributed by atoms with Crippen molar-refractivity contribution in [2.45, 2.75) is 63.6 Å². The fourth-order valence-corrected chi connectivity index (χ4v) is 4.21. The average molecular weight is 375 g/mol. The molecule has 1 aromatic rings. The van der Waals surface area contributed by atoms with Gasteiger partial charge in [-0.2, -0.15) is 0 Å². The van der Waals surface area contributed by atoms with Crippen molar-refractivity contribution in [3.8, 4) is 5.75 Å². The van der Waals surface area contributed by atoms with Crippen LogP contribution in [0.25, 0.3) is 0 Å². The predicted octanol–water partition coefficient (Wildman–Crippen LogP) is 3.36. The lowest BCUT2D eigenvalue weighted by Crippen LogP contribution is -2.52. The van der Waals surface area contributed by atoms with Crippen LogP contribution < -0.4 is 10.5 Å². The van der Waals surface area contributed by atoms with Crippen LogP contribution in [0.3, 0.4) is 0 Å². The monoisotopic (exact) mass is 374 g/mol. The summed E-state index contributed by atoms with van der Waals surface area (Å²) in [7, 11) is 3.60. The third kappa shape index (κ3) is 5.23. The largest absolute Gasteiger partial charge is 0.497 e. The van der Waals surface area contributed by atoms with Gasteiger partial charge in [0.25, 0.3) is 0 Å². The number of ether oxygens (including phenoxy) is 2. The van der Waals surface area contributed by atoms with Gasteiger partial charge in [-0.05, 0) is 74.5 Å². The van der Waals surface area contributed by atoms with E-state index < -0.39 is 0 Å². The molecule has 0 radical (unpaired) electrons. The molecule has 2 aliphatic rings. The zero-order valence-corrected chi connectivity index (χ0v) is 16.7. The fraction of sp³-hybridized carbons (Fsp3) is 0.682. The van der Waals surface area contributed by atoms with E-state index in [-0.39, 0.29) is 11.9 Å². The van der Waals surface area contributed by atoms with E-state index in [1.807, 2.05) is 30.1 Å². The maximum atomic E-state index is 12.6. The Morgan fingerprint density at radius 3 is 2.59 bits per heavy atom. The molecule has 0 saturated heterocycles. The summed E-state index contributed by atoms with van der Waals surface area (Å²) in [6.07, 6.45) is 7.74. The lowest BCUT2D eigenvalue weighted by molar-refractivity contribution is -0.136. The van der Waals surface area contributed by atoms with Gasteiger partial charge in [0.15, 0.2) is 0 Å². The van der Waals surface area contributed by atoms with E-state index in [1.54, 1.807) is 7.11 Å². The van der Waals surface area contributed by atoms with Gasteiger partial charge in [-0.25, -0.2) is 0 Å². The third-order valence-electron chi connectivity index (χ3n) is 6.41. The van der Waals surface area contributed by atoms with Crippen molar-refractivity contribution >= 4 is 5.91 Å². The van der Waals surface area contributed by atoms with Gasteiger partial charge in [0.1, 0.15) is 5.75 Å². The Morgan fingerprint density at radius 2 is 1.96 bits per heavy atom. The summed E-state index contributed by atoms with van der Waals surface area (Å²) in [6, 6.07) is 8.08. The molecule has 5 nitrogen and oxygen atoms in total. The van der Waals surface area contributed by atoms with Gasteiger partial charge >= 0.3 is 0 Å². The topological polar surface area (TPSA) is 64.8 Å². The highest BCUT2D eigenvalue weighted by atomic mass is 16.5. The molecule has 2 aliphatic carbocycles. The zero-order valence-electron chi connectivity index (χ0n) is 16.7. The van der Waals surface area contributed by atoms with E-state index in [0.29, 0.717) is 24.5 Å². The summed E-state index contributed by atoms with van der Waals surface area (Å²) in [5.41, 5.74) is 7.46. The van der Waals surface area contributed by atoms with E-state index in [1.165, 1.54) is 6.42 Å². The minimum absolute atomic E-state index is 0.137. The summed E-state index contributed by atoms with van der Waals surface area (Å²) in [4.78, 5) is 14.5. The normalized spacial score (nSPS) is 24.1. The van der Waals surface area contributed by atoms with Crippen LogP contribution in [-0.2, 0) is 16.1 Å². The van der Waals surface area contributed by atoms with Gasteiger partial charge in [-0.3, -0.25) is 4.79 Å². The molecule has 0 spiro atoms. The molecule has 5 heteroatoms. The Kier molecular flexibility index (Phi) is 7.13. The molecule has 1 atom stereocenters. The van der Waals surface area contributed by atoms with E-state index in [2.05, 4.69) is 6.07 Å². The SMILES string of the molecule is COc1cccc(COCC2CCC([C@H](N)C(=O)N(C)C3CCC3)CC2)c1. The number of benzene rings is 1. The van der Waals surface area contributed by atoms with Crippen molar-refractivity contribution in [1.29, 1.82) is 0 Å². The highest BCUT2D eigenvalue weighted by Crippen LogP contribution is 2.32. The van der Waals surface area contributed by atoms with Crippen LogP contribution >= 0.6 is 0 Å². The lowest BCUT2D eigenvalue weighted by Gasteiger charge is -2.38. The Labute approximate surface area is 163 Å². The molecule has 0 aliphatic heterocycles. The molecule has 3 rings (SSSR count). The van der Waals surface area contributed by atoms with Crippen LogP contribution in [0.5, 0.6) is 5.75 Å². The molecule has 1 aromatic carbocycles. The van der Waals surface area contributed by atoms with Crippen LogP contribution in [-0.4, -0.2) is 43.7 Å². The average Bonchev–Trinajstić information content (AvgIpc) is 2.66. The second-order valence-corrected chi connectivity index (χ2v) is 8.21. The van der Waals surface area contributed by atoms with Crippen LogP contribution in [0.2, 0.25) is 0 Å². The second kappa shape index (κ2) is 9.56. The van der Waals surface area contributed by atoms with Gasteiger partial charge in [0.05, 0.1) is 19.8 Å². The first-order valence-corrected chi connectivity index (χ1v) is 10.3. The highest BCUT2D eigenvalue weighted by Gasteiger charge is 2.34. The molecule has 27 heavy (non-hydrogen) atoms.